The van der Waals surface area contributed by atoms with E-state index in [0.717, 1.165) is 6.26 Å². The number of halogens is 1. The zero-order valence-electron chi connectivity index (χ0n) is 6.87. The second kappa shape index (κ2) is 3.74. The van der Waals surface area contributed by atoms with Crippen LogP contribution in [0.5, 0.6) is 0 Å². The minimum atomic E-state index is -3.56. The minimum absolute atomic E-state index is 0.0706. The maximum atomic E-state index is 11.1. The summed E-state index contributed by atoms with van der Waals surface area (Å²) in [7, 11) is -3.56. The first kappa shape index (κ1) is 11.9. The topological polar surface area (TPSA) is 71.4 Å². The number of hydrogen-bond acceptors (Lipinski definition) is 3. The third-order valence-electron chi connectivity index (χ3n) is 1.84. The molecule has 0 aliphatic heterocycles. The van der Waals surface area contributed by atoms with Gasteiger partial charge in [-0.1, -0.05) is 15.9 Å². The lowest BCUT2D eigenvalue weighted by Gasteiger charge is -2.21. The quantitative estimate of drug-likeness (QED) is 0.753. The van der Waals surface area contributed by atoms with E-state index in [1.54, 1.807) is 0 Å². The highest BCUT2D eigenvalue weighted by Crippen LogP contribution is 2.21. The van der Waals surface area contributed by atoms with E-state index in [4.69, 9.17) is 5.11 Å². The Labute approximate surface area is 80.0 Å². The largest absolute Gasteiger partial charge is 0.480 e. The highest BCUT2D eigenvalue weighted by atomic mass is 79.9. The summed E-state index contributed by atoms with van der Waals surface area (Å²) in [5.41, 5.74) is 0. The maximum absolute atomic E-state index is 11.1. The van der Waals surface area contributed by atoms with Gasteiger partial charge in [-0.25, -0.2) is 8.42 Å². The second-order valence-corrected chi connectivity index (χ2v) is 5.99. The van der Waals surface area contributed by atoms with Gasteiger partial charge in [0.15, 0.2) is 14.6 Å². The monoisotopic (exact) mass is 258 g/mol. The normalized spacial score (nSPS) is 16.9. The standard InChI is InChI=1S/C6H11BrO4S/c1-6(3-4-7,5(8)9)12(2,10)11/h3-4H2,1-2H3,(H,8,9)/t6-/m1/s1. The molecule has 0 amide bonds. The molecule has 0 unspecified atom stereocenters. The van der Waals surface area contributed by atoms with Crippen LogP contribution in [-0.4, -0.2) is 35.8 Å². The highest BCUT2D eigenvalue weighted by Gasteiger charge is 2.42. The molecule has 0 heterocycles. The summed E-state index contributed by atoms with van der Waals surface area (Å²) in [5, 5.41) is 9.05. The summed E-state index contributed by atoms with van der Waals surface area (Å²) in [6, 6.07) is 0. The number of carboxylic acid groups (broad SMARTS) is 1. The zero-order valence-corrected chi connectivity index (χ0v) is 9.27. The van der Waals surface area contributed by atoms with Gasteiger partial charge in [-0.3, -0.25) is 4.79 Å². The summed E-state index contributed by atoms with van der Waals surface area (Å²) in [5.74, 6) is -1.30. The van der Waals surface area contributed by atoms with Crippen molar-refractivity contribution in [2.75, 3.05) is 11.6 Å². The number of aliphatic carboxylic acids is 1. The third-order valence-corrected chi connectivity index (χ3v) is 4.25. The van der Waals surface area contributed by atoms with Crippen molar-refractivity contribution in [2.45, 2.75) is 18.1 Å². The summed E-state index contributed by atoms with van der Waals surface area (Å²) in [6.07, 6.45) is 1.00. The van der Waals surface area contributed by atoms with Gasteiger partial charge in [0, 0.05) is 11.6 Å². The zero-order chi connectivity index (χ0) is 9.99. The molecule has 1 atom stereocenters. The Bertz CT molecular complexity index is 271. The lowest BCUT2D eigenvalue weighted by molar-refractivity contribution is -0.139. The molecule has 0 spiro atoms. The van der Waals surface area contributed by atoms with Crippen molar-refractivity contribution in [1.29, 1.82) is 0 Å². The lowest BCUT2D eigenvalue weighted by atomic mass is 10.1. The second-order valence-electron chi connectivity index (χ2n) is 2.75. The molecule has 0 saturated carbocycles. The molecule has 0 radical (unpaired) electrons. The molecule has 0 aromatic heterocycles. The van der Waals surface area contributed by atoms with Gasteiger partial charge in [-0.2, -0.15) is 0 Å². The van der Waals surface area contributed by atoms with Crippen LogP contribution in [0.2, 0.25) is 0 Å². The van der Waals surface area contributed by atoms with Crippen molar-refractivity contribution >= 4 is 31.7 Å². The predicted molar refractivity (Wildman–Crippen MR) is 49.3 cm³/mol. The Morgan fingerprint density at radius 3 is 2.08 bits per heavy atom. The van der Waals surface area contributed by atoms with Gasteiger partial charge in [-0.15, -0.1) is 0 Å². The van der Waals surface area contributed by atoms with Gasteiger partial charge in [0.1, 0.15) is 0 Å². The van der Waals surface area contributed by atoms with Crippen LogP contribution in [0, 0.1) is 0 Å². The highest BCUT2D eigenvalue weighted by molar-refractivity contribution is 9.09. The first-order chi connectivity index (χ1) is 5.25. The summed E-state index contributed by atoms with van der Waals surface area (Å²) in [6.45, 7) is 1.21. The van der Waals surface area contributed by atoms with E-state index in [1.165, 1.54) is 6.92 Å². The number of carboxylic acids is 1. The van der Waals surface area contributed by atoms with Gasteiger partial charge in [-0.05, 0) is 13.3 Å². The van der Waals surface area contributed by atoms with E-state index >= 15 is 0 Å². The summed E-state index contributed by atoms with van der Waals surface area (Å²) < 4.78 is 20.5. The SMILES string of the molecule is C[C@@](CCBr)(C(=O)O)S(C)(=O)=O. The van der Waals surface area contributed by atoms with Crippen LogP contribution in [-0.2, 0) is 14.6 Å². The molecule has 0 aromatic carbocycles. The summed E-state index contributed by atoms with van der Waals surface area (Å²) in [4.78, 5) is 10.7. The Hall–Kier alpha value is -0.100. The molecule has 1 N–H and O–H groups in total. The van der Waals surface area contributed by atoms with Crippen LogP contribution < -0.4 is 0 Å². The van der Waals surface area contributed by atoms with Crippen LogP contribution in [0.4, 0.5) is 0 Å². The molecule has 0 saturated heterocycles. The fourth-order valence-electron chi connectivity index (χ4n) is 0.631. The molecule has 4 nitrogen and oxygen atoms in total. The molecule has 0 aliphatic carbocycles. The van der Waals surface area contributed by atoms with Gasteiger partial charge < -0.3 is 5.11 Å². The number of rotatable bonds is 4. The smallest absolute Gasteiger partial charge is 0.324 e. The van der Waals surface area contributed by atoms with E-state index in [2.05, 4.69) is 15.9 Å². The van der Waals surface area contributed by atoms with Crippen LogP contribution in [0.15, 0.2) is 0 Å². The van der Waals surface area contributed by atoms with E-state index in [-0.39, 0.29) is 6.42 Å². The van der Waals surface area contributed by atoms with Gasteiger partial charge in [0.25, 0.3) is 0 Å². The van der Waals surface area contributed by atoms with Crippen LogP contribution >= 0.6 is 15.9 Å². The molecule has 72 valence electrons. The molecule has 0 aromatic rings. The molecule has 0 aliphatic rings. The first-order valence-corrected chi connectivity index (χ1v) is 6.26. The van der Waals surface area contributed by atoms with Crippen molar-refractivity contribution in [3.05, 3.63) is 0 Å². The predicted octanol–water partition coefficient (Wildman–Crippen LogP) is 0.659. The van der Waals surface area contributed by atoms with Crippen molar-refractivity contribution in [1.82, 2.24) is 0 Å². The number of sulfone groups is 1. The van der Waals surface area contributed by atoms with Gasteiger partial charge in [0.2, 0.25) is 0 Å². The number of carbonyl (C=O) groups is 1. The van der Waals surface area contributed by atoms with Gasteiger partial charge in [0.05, 0.1) is 0 Å². The Morgan fingerprint density at radius 2 is 2.00 bits per heavy atom. The van der Waals surface area contributed by atoms with Crippen molar-refractivity contribution in [3.8, 4) is 0 Å². The van der Waals surface area contributed by atoms with Crippen LogP contribution in [0.3, 0.4) is 0 Å². The molecule has 0 bridgehead atoms. The average molecular weight is 259 g/mol. The molecule has 6 heteroatoms. The summed E-state index contributed by atoms with van der Waals surface area (Å²) >= 11 is 3.02. The van der Waals surface area contributed by atoms with Crippen molar-refractivity contribution in [3.63, 3.8) is 0 Å². The van der Waals surface area contributed by atoms with Gasteiger partial charge >= 0.3 is 5.97 Å². The van der Waals surface area contributed by atoms with E-state index in [1.807, 2.05) is 0 Å². The molecule has 0 rings (SSSR count). The first-order valence-electron chi connectivity index (χ1n) is 3.24. The fourth-order valence-corrected chi connectivity index (χ4v) is 2.48. The molecule has 12 heavy (non-hydrogen) atoms. The Balaban J connectivity index is 5.02. The number of hydrogen-bond donors (Lipinski definition) is 1. The van der Waals surface area contributed by atoms with Crippen LogP contribution in [0.1, 0.15) is 13.3 Å². The maximum Gasteiger partial charge on any atom is 0.324 e. The van der Waals surface area contributed by atoms with Crippen LogP contribution in [0.25, 0.3) is 0 Å². The third kappa shape index (κ3) is 2.20. The average Bonchev–Trinajstić information content (AvgIpc) is 1.85. The van der Waals surface area contributed by atoms with Crippen molar-refractivity contribution < 1.29 is 18.3 Å². The lowest BCUT2D eigenvalue weighted by Crippen LogP contribution is -2.43. The molecule has 0 fully saturated rings. The fraction of sp³-hybridized carbons (Fsp3) is 0.833. The van der Waals surface area contributed by atoms with E-state index in [9.17, 15) is 13.2 Å². The molecular weight excluding hydrogens is 248 g/mol. The van der Waals surface area contributed by atoms with Crippen molar-refractivity contribution in [2.24, 2.45) is 0 Å². The Morgan fingerprint density at radius 1 is 1.58 bits per heavy atom. The Kier molecular flexibility index (Phi) is 3.71. The molecular formula is C6H11BrO4S. The van der Waals surface area contributed by atoms with E-state index < -0.39 is 20.6 Å². The number of alkyl halides is 1. The van der Waals surface area contributed by atoms with E-state index in [0.29, 0.717) is 5.33 Å². The minimum Gasteiger partial charge on any atom is -0.480 e.